The van der Waals surface area contributed by atoms with Gasteiger partial charge in [-0.05, 0) is 18.8 Å². The van der Waals surface area contributed by atoms with Gasteiger partial charge in [0, 0.05) is 6.92 Å². The van der Waals surface area contributed by atoms with Crippen LogP contribution in [0.4, 0.5) is 0 Å². The maximum atomic E-state index is 8.45. The first-order chi connectivity index (χ1) is 8.45. The molecule has 0 rings (SSSR count). The summed E-state index contributed by atoms with van der Waals surface area (Å²) in [6, 6.07) is 0. The van der Waals surface area contributed by atoms with Gasteiger partial charge < -0.3 is 29.9 Å². The van der Waals surface area contributed by atoms with Gasteiger partial charge in [0.15, 0.2) is 0 Å². The Balaban J connectivity index is 0. The molecule has 0 aromatic rings. The van der Waals surface area contributed by atoms with Gasteiger partial charge in [-0.25, -0.2) is 0 Å². The molecule has 0 fully saturated rings. The highest BCUT2D eigenvalue weighted by atomic mass is 16.7. The van der Waals surface area contributed by atoms with Crippen LogP contribution >= 0.6 is 0 Å². The van der Waals surface area contributed by atoms with Crippen molar-refractivity contribution < 1.29 is 29.9 Å². The van der Waals surface area contributed by atoms with Crippen molar-refractivity contribution in [2.24, 2.45) is 0 Å². The molecule has 0 aromatic carbocycles. The summed E-state index contributed by atoms with van der Waals surface area (Å²) in [6.07, 6.45) is 3.66. The predicted octanol–water partition coefficient (Wildman–Crippen LogP) is -1.33. The average molecular weight is 260 g/mol. The van der Waals surface area contributed by atoms with Crippen LogP contribution in [0.2, 0.25) is 0 Å². The molecule has 0 aromatic heterocycles. The highest BCUT2D eigenvalue weighted by Crippen LogP contribution is 2.09. The highest BCUT2D eigenvalue weighted by Gasteiger charge is 2.21. The molecule has 0 aliphatic heterocycles. The Kier molecular flexibility index (Phi) is 13.2. The molecule has 0 atom stereocenters. The largest absolute Gasteiger partial charge is 0.394 e. The van der Waals surface area contributed by atoms with Gasteiger partial charge in [-0.15, -0.1) is 12.3 Å². The van der Waals surface area contributed by atoms with Crippen LogP contribution in [0.15, 0.2) is 0 Å². The third kappa shape index (κ3) is 12.9. The van der Waals surface area contributed by atoms with E-state index in [9.17, 15) is 0 Å². The fourth-order valence-electron chi connectivity index (χ4n) is 0.735. The topological polar surface area (TPSA) is 99.4 Å². The molecule has 0 aliphatic rings. The summed E-state index contributed by atoms with van der Waals surface area (Å²) in [5, 5.41) is 32.8. The van der Waals surface area contributed by atoms with Gasteiger partial charge in [0.1, 0.15) is 0 Å². The van der Waals surface area contributed by atoms with Gasteiger partial charge in [0.25, 0.3) is 0 Å². The Labute approximate surface area is 107 Å². The molecule has 6 heteroatoms. The number of hydrogen-bond donors (Lipinski definition) is 4. The second kappa shape index (κ2) is 12.3. The van der Waals surface area contributed by atoms with Crippen LogP contribution in [0, 0.1) is 24.2 Å². The third-order valence-corrected chi connectivity index (χ3v) is 1.47. The SMILES string of the molecule is C#CC(C)(OCCO)OCCO.CC#CC(O)O. The highest BCUT2D eigenvalue weighted by molar-refractivity contribution is 4.99. The number of rotatable bonds is 6. The summed E-state index contributed by atoms with van der Waals surface area (Å²) in [6.45, 7) is 3.11. The molecule has 0 heterocycles. The van der Waals surface area contributed by atoms with E-state index in [1.54, 1.807) is 13.8 Å². The molecule has 0 bridgehead atoms. The number of terminal acetylenes is 1. The van der Waals surface area contributed by atoms with Crippen LogP contribution in [0.3, 0.4) is 0 Å². The van der Waals surface area contributed by atoms with Crippen LogP contribution in [-0.2, 0) is 9.47 Å². The van der Waals surface area contributed by atoms with Crippen LogP contribution in [0.25, 0.3) is 0 Å². The van der Waals surface area contributed by atoms with Gasteiger partial charge in [-0.3, -0.25) is 0 Å². The molecule has 0 unspecified atom stereocenters. The van der Waals surface area contributed by atoms with Crippen LogP contribution in [-0.4, -0.2) is 58.9 Å². The molecule has 0 amide bonds. The Morgan fingerprint density at radius 2 is 1.61 bits per heavy atom. The normalized spacial score (nSPS) is 9.89. The van der Waals surface area contributed by atoms with E-state index >= 15 is 0 Å². The second-order valence-electron chi connectivity index (χ2n) is 3.00. The van der Waals surface area contributed by atoms with Gasteiger partial charge in [-0.2, -0.15) is 0 Å². The monoisotopic (exact) mass is 260 g/mol. The van der Waals surface area contributed by atoms with E-state index in [1.165, 1.54) is 0 Å². The minimum atomic E-state index is -1.46. The maximum absolute atomic E-state index is 8.45. The van der Waals surface area contributed by atoms with Crippen molar-refractivity contribution in [3.8, 4) is 24.2 Å². The lowest BCUT2D eigenvalue weighted by molar-refractivity contribution is -0.192. The molecule has 4 N–H and O–H groups in total. The average Bonchev–Trinajstić information content (AvgIpc) is 2.34. The molecule has 0 radical (unpaired) electrons. The van der Waals surface area contributed by atoms with Crippen LogP contribution in [0.5, 0.6) is 0 Å². The first kappa shape index (κ1) is 19.2. The van der Waals surface area contributed by atoms with E-state index in [0.717, 1.165) is 0 Å². The summed E-state index contributed by atoms with van der Waals surface area (Å²) in [5.41, 5.74) is 0. The van der Waals surface area contributed by atoms with E-state index in [4.69, 9.17) is 36.3 Å². The quantitative estimate of drug-likeness (QED) is 0.349. The summed E-state index contributed by atoms with van der Waals surface area (Å²) in [4.78, 5) is 0. The zero-order valence-electron chi connectivity index (χ0n) is 10.6. The summed E-state index contributed by atoms with van der Waals surface area (Å²) < 4.78 is 10.0. The Morgan fingerprint density at radius 1 is 1.17 bits per heavy atom. The predicted molar refractivity (Wildman–Crippen MR) is 65.0 cm³/mol. The minimum Gasteiger partial charge on any atom is -0.394 e. The molecule has 6 nitrogen and oxygen atoms in total. The van der Waals surface area contributed by atoms with Crippen molar-refractivity contribution in [1.29, 1.82) is 0 Å². The van der Waals surface area contributed by atoms with Gasteiger partial charge in [0.2, 0.25) is 12.1 Å². The summed E-state index contributed by atoms with van der Waals surface area (Å²) >= 11 is 0. The van der Waals surface area contributed by atoms with Crippen molar-refractivity contribution in [3.63, 3.8) is 0 Å². The standard InChI is InChI=1S/C8H14O4.C4H6O2/c1-3-8(2,11-6-4-9)12-7-5-10;1-2-3-4(5)6/h1,9-10H,4-7H2,2H3;4-6H,1H3. The molecule has 0 saturated carbocycles. The van der Waals surface area contributed by atoms with Crippen molar-refractivity contribution in [1.82, 2.24) is 0 Å². The van der Waals surface area contributed by atoms with Crippen LogP contribution < -0.4 is 0 Å². The third-order valence-electron chi connectivity index (χ3n) is 1.47. The van der Waals surface area contributed by atoms with E-state index in [0.29, 0.717) is 0 Å². The molecule has 104 valence electrons. The van der Waals surface area contributed by atoms with Crippen LogP contribution in [0.1, 0.15) is 13.8 Å². The van der Waals surface area contributed by atoms with E-state index in [2.05, 4.69) is 17.8 Å². The summed E-state index contributed by atoms with van der Waals surface area (Å²) in [7, 11) is 0. The molecule has 0 saturated heterocycles. The zero-order chi connectivity index (χ0) is 14.4. The second-order valence-corrected chi connectivity index (χ2v) is 3.00. The number of aliphatic hydroxyl groups is 4. The molecular weight excluding hydrogens is 240 g/mol. The summed E-state index contributed by atoms with van der Waals surface area (Å²) in [5.74, 6) is 5.52. The first-order valence-corrected chi connectivity index (χ1v) is 5.21. The van der Waals surface area contributed by atoms with Crippen molar-refractivity contribution >= 4 is 0 Å². The van der Waals surface area contributed by atoms with Gasteiger partial charge in [-0.1, -0.05) is 0 Å². The van der Waals surface area contributed by atoms with E-state index < -0.39 is 12.1 Å². The molecule has 18 heavy (non-hydrogen) atoms. The van der Waals surface area contributed by atoms with Gasteiger partial charge >= 0.3 is 0 Å². The van der Waals surface area contributed by atoms with Crippen molar-refractivity contribution in [2.75, 3.05) is 26.4 Å². The lowest BCUT2D eigenvalue weighted by atomic mass is 10.3. The number of hydrogen-bond acceptors (Lipinski definition) is 6. The first-order valence-electron chi connectivity index (χ1n) is 5.21. The number of aliphatic hydroxyl groups excluding tert-OH is 3. The minimum absolute atomic E-state index is 0.111. The lowest BCUT2D eigenvalue weighted by Crippen LogP contribution is -2.32. The lowest BCUT2D eigenvalue weighted by Gasteiger charge is -2.23. The fraction of sp³-hybridized carbons (Fsp3) is 0.667. The molecule has 0 spiro atoms. The zero-order valence-corrected chi connectivity index (χ0v) is 10.6. The maximum Gasteiger partial charge on any atom is 0.230 e. The van der Waals surface area contributed by atoms with Crippen molar-refractivity contribution in [2.45, 2.75) is 25.9 Å². The fourth-order valence-corrected chi connectivity index (χ4v) is 0.735. The van der Waals surface area contributed by atoms with Gasteiger partial charge in [0.05, 0.1) is 26.4 Å². The number of ether oxygens (including phenoxy) is 2. The van der Waals surface area contributed by atoms with E-state index in [-0.39, 0.29) is 26.4 Å². The smallest absolute Gasteiger partial charge is 0.230 e. The van der Waals surface area contributed by atoms with Crippen molar-refractivity contribution in [3.05, 3.63) is 0 Å². The Bertz CT molecular complexity index is 275. The molecule has 0 aliphatic carbocycles. The van der Waals surface area contributed by atoms with E-state index in [1.807, 2.05) is 0 Å². The molecular formula is C12H20O6. The Morgan fingerprint density at radius 3 is 1.78 bits per heavy atom. The Hall–Kier alpha value is -1.12.